The van der Waals surface area contributed by atoms with Crippen LogP contribution in [0.15, 0.2) is 4.99 Å². The van der Waals surface area contributed by atoms with E-state index in [2.05, 4.69) is 11.1 Å². The molecular weight excluding hydrogens is 124 g/mol. The van der Waals surface area contributed by atoms with Crippen LogP contribution in [0.4, 0.5) is 0 Å². The van der Waals surface area contributed by atoms with E-state index in [1.165, 1.54) is 5.71 Å². The lowest BCUT2D eigenvalue weighted by molar-refractivity contribution is 0.559. The second-order valence-electron chi connectivity index (χ2n) is 2.71. The number of aliphatic imine (C=N–C) groups is 1. The minimum atomic E-state index is 0.243. The largest absolute Gasteiger partial charge is 0.297 e. The zero-order chi connectivity index (χ0) is 7.40. The van der Waals surface area contributed by atoms with Crippen LogP contribution in [0.1, 0.15) is 25.7 Å². The highest BCUT2D eigenvalue weighted by Gasteiger charge is 2.16. The van der Waals surface area contributed by atoms with Gasteiger partial charge in [-0.3, -0.25) is 4.99 Å². The summed E-state index contributed by atoms with van der Waals surface area (Å²) in [6.07, 6.45) is 4.22. The Morgan fingerprint density at radius 1 is 1.70 bits per heavy atom. The lowest BCUT2D eigenvalue weighted by atomic mass is 9.89. The Morgan fingerprint density at radius 3 is 3.10 bits per heavy atom. The Labute approximate surface area is 61.6 Å². The van der Waals surface area contributed by atoms with Crippen molar-refractivity contribution < 1.29 is 0 Å². The van der Waals surface area contributed by atoms with E-state index in [9.17, 15) is 0 Å². The second-order valence-corrected chi connectivity index (χ2v) is 2.71. The first-order chi connectivity index (χ1) is 4.86. The Balaban J connectivity index is 2.49. The molecule has 0 N–H and O–H groups in total. The van der Waals surface area contributed by atoms with Gasteiger partial charge in [-0.1, -0.05) is 0 Å². The maximum Gasteiger partial charge on any atom is 0.0659 e. The third kappa shape index (κ3) is 1.57. The van der Waals surface area contributed by atoms with Gasteiger partial charge in [0.15, 0.2) is 0 Å². The lowest BCUT2D eigenvalue weighted by Crippen LogP contribution is -2.13. The molecule has 1 aliphatic rings. The molecule has 1 atom stereocenters. The highest BCUT2D eigenvalue weighted by Crippen LogP contribution is 2.20. The molecule has 0 aromatic carbocycles. The van der Waals surface area contributed by atoms with Gasteiger partial charge in [0.1, 0.15) is 0 Å². The molecule has 0 heterocycles. The van der Waals surface area contributed by atoms with Crippen molar-refractivity contribution in [2.75, 3.05) is 7.05 Å². The van der Waals surface area contributed by atoms with Crippen LogP contribution in [0.3, 0.4) is 0 Å². The van der Waals surface area contributed by atoms with Gasteiger partial charge in [0.25, 0.3) is 0 Å². The highest BCUT2D eigenvalue weighted by molar-refractivity contribution is 5.85. The number of hydrogen-bond acceptors (Lipinski definition) is 2. The van der Waals surface area contributed by atoms with E-state index in [1.54, 1.807) is 0 Å². The minimum absolute atomic E-state index is 0.243. The molecule has 0 aromatic heterocycles. The van der Waals surface area contributed by atoms with Gasteiger partial charge in [-0.05, 0) is 19.3 Å². The fourth-order valence-corrected chi connectivity index (χ4v) is 1.35. The molecule has 0 radical (unpaired) electrons. The summed E-state index contributed by atoms with van der Waals surface area (Å²) >= 11 is 0. The van der Waals surface area contributed by atoms with Gasteiger partial charge in [-0.25, -0.2) is 0 Å². The highest BCUT2D eigenvalue weighted by atomic mass is 14.7. The van der Waals surface area contributed by atoms with Crippen LogP contribution >= 0.6 is 0 Å². The third-order valence-electron chi connectivity index (χ3n) is 2.00. The molecule has 1 saturated carbocycles. The quantitative estimate of drug-likeness (QED) is 0.500. The predicted octanol–water partition coefficient (Wildman–Crippen LogP) is 1.77. The molecule has 1 fully saturated rings. The summed E-state index contributed by atoms with van der Waals surface area (Å²) in [5.41, 5.74) is 1.22. The number of nitrogens with zero attached hydrogens (tertiary/aromatic N) is 2. The molecule has 1 rings (SSSR count). The van der Waals surface area contributed by atoms with Crippen molar-refractivity contribution in [2.24, 2.45) is 10.9 Å². The topological polar surface area (TPSA) is 36.1 Å². The first kappa shape index (κ1) is 7.27. The average Bonchev–Trinajstić information content (AvgIpc) is 2.05. The molecule has 0 aromatic rings. The summed E-state index contributed by atoms with van der Waals surface area (Å²) in [6.45, 7) is 0. The fraction of sp³-hybridized carbons (Fsp3) is 0.750. The van der Waals surface area contributed by atoms with Crippen LogP contribution in [0.2, 0.25) is 0 Å². The zero-order valence-corrected chi connectivity index (χ0v) is 6.30. The van der Waals surface area contributed by atoms with Gasteiger partial charge in [0.05, 0.1) is 12.0 Å². The van der Waals surface area contributed by atoms with Crippen LogP contribution in [0, 0.1) is 17.2 Å². The van der Waals surface area contributed by atoms with Crippen LogP contribution in [-0.4, -0.2) is 12.8 Å². The van der Waals surface area contributed by atoms with Gasteiger partial charge in [-0.2, -0.15) is 5.26 Å². The van der Waals surface area contributed by atoms with Crippen LogP contribution in [-0.2, 0) is 0 Å². The maximum absolute atomic E-state index is 8.60. The first-order valence-corrected chi connectivity index (χ1v) is 3.71. The smallest absolute Gasteiger partial charge is 0.0659 e. The van der Waals surface area contributed by atoms with Crippen molar-refractivity contribution in [3.63, 3.8) is 0 Å². The van der Waals surface area contributed by atoms with E-state index in [0.29, 0.717) is 0 Å². The zero-order valence-electron chi connectivity index (χ0n) is 6.30. The molecule has 0 aliphatic heterocycles. The molecule has 0 amide bonds. The SMILES string of the molecule is CN=C1CCCC(C#N)C1. The monoisotopic (exact) mass is 136 g/mol. The number of nitriles is 1. The molecule has 1 aliphatic carbocycles. The normalized spacial score (nSPS) is 30.0. The maximum atomic E-state index is 8.60. The molecule has 0 saturated heterocycles. The Hall–Kier alpha value is -0.840. The summed E-state index contributed by atoms with van der Waals surface area (Å²) in [5, 5.41) is 8.60. The predicted molar refractivity (Wildman–Crippen MR) is 40.9 cm³/mol. The summed E-state index contributed by atoms with van der Waals surface area (Å²) in [7, 11) is 1.81. The molecule has 1 unspecified atom stereocenters. The first-order valence-electron chi connectivity index (χ1n) is 3.71. The lowest BCUT2D eigenvalue weighted by Gasteiger charge is -2.16. The van der Waals surface area contributed by atoms with E-state index in [4.69, 9.17) is 5.26 Å². The van der Waals surface area contributed by atoms with Crippen molar-refractivity contribution in [3.8, 4) is 6.07 Å². The Bertz CT molecular complexity index is 176. The molecule has 0 spiro atoms. The summed E-state index contributed by atoms with van der Waals surface area (Å²) in [5.74, 6) is 0.243. The van der Waals surface area contributed by atoms with Gasteiger partial charge < -0.3 is 0 Å². The second kappa shape index (κ2) is 3.36. The fourth-order valence-electron chi connectivity index (χ4n) is 1.35. The van der Waals surface area contributed by atoms with Gasteiger partial charge in [0.2, 0.25) is 0 Å². The van der Waals surface area contributed by atoms with Gasteiger partial charge in [-0.15, -0.1) is 0 Å². The molecule has 2 heteroatoms. The van der Waals surface area contributed by atoms with Crippen molar-refractivity contribution in [3.05, 3.63) is 0 Å². The van der Waals surface area contributed by atoms with Crippen molar-refractivity contribution in [1.29, 1.82) is 5.26 Å². The summed E-state index contributed by atoms with van der Waals surface area (Å²) in [4.78, 5) is 4.11. The molecule has 54 valence electrons. The van der Waals surface area contributed by atoms with Crippen molar-refractivity contribution in [2.45, 2.75) is 25.7 Å². The van der Waals surface area contributed by atoms with E-state index >= 15 is 0 Å². The van der Waals surface area contributed by atoms with Gasteiger partial charge in [0, 0.05) is 19.2 Å². The Morgan fingerprint density at radius 2 is 2.50 bits per heavy atom. The van der Waals surface area contributed by atoms with Gasteiger partial charge >= 0.3 is 0 Å². The standard InChI is InChI=1S/C8H12N2/c1-10-8-4-2-3-7(5-8)6-9/h7H,2-5H2,1H3. The van der Waals surface area contributed by atoms with E-state index in [1.807, 2.05) is 7.05 Å². The third-order valence-corrected chi connectivity index (χ3v) is 2.00. The molecule has 0 bridgehead atoms. The molecule has 2 nitrogen and oxygen atoms in total. The van der Waals surface area contributed by atoms with E-state index < -0.39 is 0 Å². The number of hydrogen-bond donors (Lipinski definition) is 0. The van der Waals surface area contributed by atoms with Crippen molar-refractivity contribution >= 4 is 5.71 Å². The van der Waals surface area contributed by atoms with Crippen LogP contribution in [0.5, 0.6) is 0 Å². The molecular formula is C8H12N2. The summed E-state index contributed by atoms with van der Waals surface area (Å²) < 4.78 is 0. The van der Waals surface area contributed by atoms with Crippen LogP contribution in [0.25, 0.3) is 0 Å². The van der Waals surface area contributed by atoms with Crippen LogP contribution < -0.4 is 0 Å². The number of rotatable bonds is 0. The minimum Gasteiger partial charge on any atom is -0.297 e. The van der Waals surface area contributed by atoms with E-state index in [-0.39, 0.29) is 5.92 Å². The van der Waals surface area contributed by atoms with Crippen molar-refractivity contribution in [1.82, 2.24) is 0 Å². The Kier molecular flexibility index (Phi) is 2.44. The average molecular weight is 136 g/mol. The molecule has 10 heavy (non-hydrogen) atoms. The van der Waals surface area contributed by atoms with E-state index in [0.717, 1.165) is 25.7 Å². The summed E-state index contributed by atoms with van der Waals surface area (Å²) in [6, 6.07) is 2.29.